The lowest BCUT2D eigenvalue weighted by molar-refractivity contribution is -0.911. The lowest BCUT2D eigenvalue weighted by atomic mass is 9.66. The monoisotopic (exact) mass is 329 g/mol. The van der Waals surface area contributed by atoms with Crippen molar-refractivity contribution in [2.45, 2.75) is 18.9 Å². The molecule has 6 rings (SSSR count). The third-order valence-electron chi connectivity index (χ3n) is 5.59. The van der Waals surface area contributed by atoms with Gasteiger partial charge in [0.2, 0.25) is 0 Å². The van der Waals surface area contributed by atoms with Crippen molar-refractivity contribution in [1.82, 2.24) is 10.2 Å². The highest BCUT2D eigenvalue weighted by Gasteiger charge is 2.54. The maximum atomic E-state index is 12.6. The number of hydroxylamine groups is 3. The van der Waals surface area contributed by atoms with Gasteiger partial charge in [0.05, 0.1) is 19.6 Å². The first-order chi connectivity index (χ1) is 11.2. The van der Waals surface area contributed by atoms with Crippen molar-refractivity contribution >= 4 is 11.3 Å². The van der Waals surface area contributed by atoms with Gasteiger partial charge in [-0.2, -0.15) is 0 Å². The molecule has 0 N–H and O–H groups in total. The number of hydrogen-bond donors (Lipinski definition) is 0. The van der Waals surface area contributed by atoms with Crippen molar-refractivity contribution in [1.29, 1.82) is 0 Å². The fraction of sp³-hybridized carbons (Fsp3) is 0.529. The maximum Gasteiger partial charge on any atom is 0.294 e. The molecule has 0 radical (unpaired) electrons. The minimum atomic E-state index is 0.0191. The number of aromatic nitrogens is 2. The van der Waals surface area contributed by atoms with Crippen LogP contribution in [-0.4, -0.2) is 40.6 Å². The van der Waals surface area contributed by atoms with Crippen LogP contribution in [0.2, 0.25) is 0 Å². The molecule has 1 saturated carbocycles. The number of quaternary nitrogens is 1. The molecule has 3 saturated heterocycles. The molecule has 120 valence electrons. The molecule has 4 fully saturated rings. The molecule has 1 aliphatic carbocycles. The smallest absolute Gasteiger partial charge is 0.294 e. The summed E-state index contributed by atoms with van der Waals surface area (Å²) in [5, 5.41) is 22.7. The lowest BCUT2D eigenvalue weighted by Crippen LogP contribution is -2.68. The first-order valence-electron chi connectivity index (χ1n) is 8.31. The second-order valence-corrected chi connectivity index (χ2v) is 8.23. The van der Waals surface area contributed by atoms with Crippen LogP contribution in [0.4, 0.5) is 0 Å². The van der Waals surface area contributed by atoms with E-state index in [4.69, 9.17) is 4.74 Å². The number of piperidine rings is 3. The molecule has 2 atom stereocenters. The Morgan fingerprint density at radius 1 is 1.04 bits per heavy atom. The predicted molar refractivity (Wildman–Crippen MR) is 87.7 cm³/mol. The van der Waals surface area contributed by atoms with E-state index in [2.05, 4.69) is 10.2 Å². The molecular formula is C17H19N3O2S. The van der Waals surface area contributed by atoms with Crippen molar-refractivity contribution in [3.8, 4) is 15.8 Å². The van der Waals surface area contributed by atoms with Gasteiger partial charge in [0.15, 0.2) is 5.01 Å². The summed E-state index contributed by atoms with van der Waals surface area (Å²) in [4.78, 5) is 0. The van der Waals surface area contributed by atoms with E-state index in [-0.39, 0.29) is 10.8 Å². The Kier molecular flexibility index (Phi) is 3.02. The van der Waals surface area contributed by atoms with Gasteiger partial charge in [-0.1, -0.05) is 46.8 Å². The third-order valence-corrected chi connectivity index (χ3v) is 6.45. The zero-order valence-electron chi connectivity index (χ0n) is 12.8. The van der Waals surface area contributed by atoms with Crippen molar-refractivity contribution in [2.75, 3.05) is 19.6 Å². The summed E-state index contributed by atoms with van der Waals surface area (Å²) in [6, 6.07) is 10.1. The van der Waals surface area contributed by atoms with E-state index >= 15 is 0 Å². The molecule has 4 heterocycles. The van der Waals surface area contributed by atoms with Gasteiger partial charge in [-0.3, -0.25) is 0 Å². The van der Waals surface area contributed by atoms with E-state index in [0.717, 1.165) is 43.0 Å². The predicted octanol–water partition coefficient (Wildman–Crippen LogP) is 2.94. The maximum absolute atomic E-state index is 12.6. The fourth-order valence-corrected chi connectivity index (χ4v) is 5.67. The molecule has 4 bridgehead atoms. The molecule has 0 spiro atoms. The molecule has 2 aromatic rings. The highest BCUT2D eigenvalue weighted by atomic mass is 32.1. The molecule has 23 heavy (non-hydrogen) atoms. The minimum Gasteiger partial charge on any atom is -0.633 e. The molecule has 6 heteroatoms. The van der Waals surface area contributed by atoms with E-state index in [0.29, 0.717) is 22.9 Å². The number of ether oxygens (including phenoxy) is 1. The Labute approximate surface area is 139 Å². The second-order valence-electron chi connectivity index (χ2n) is 7.29. The fourth-order valence-electron chi connectivity index (χ4n) is 4.92. The van der Waals surface area contributed by atoms with Crippen molar-refractivity contribution in [2.24, 2.45) is 17.8 Å². The zero-order valence-corrected chi connectivity index (χ0v) is 13.6. The van der Waals surface area contributed by atoms with Crippen LogP contribution in [-0.2, 0) is 0 Å². The summed E-state index contributed by atoms with van der Waals surface area (Å²) in [6.07, 6.45) is 2.45. The zero-order chi connectivity index (χ0) is 15.4. The Morgan fingerprint density at radius 3 is 2.48 bits per heavy atom. The number of benzene rings is 1. The lowest BCUT2D eigenvalue weighted by Gasteiger charge is -2.62. The standard InChI is InChI=1S/C17H19N3O2S/c21-20-8-11-6-13(9-20)15(14(7-11)10-20)22-17-19-18-16(23-17)12-4-2-1-3-5-12/h1-5,11,13-15H,6-10H2. The van der Waals surface area contributed by atoms with Gasteiger partial charge < -0.3 is 14.6 Å². The molecule has 5 nitrogen and oxygen atoms in total. The highest BCUT2D eigenvalue weighted by molar-refractivity contribution is 7.16. The summed E-state index contributed by atoms with van der Waals surface area (Å²) >= 11 is 1.50. The SMILES string of the molecule is [O-][N+]12CC3CC(C1)C(Oc1nnc(-c4ccccc4)s1)C(C3)C2. The Hall–Kier alpha value is -1.50. The number of nitrogens with zero attached hydrogens (tertiary/aromatic N) is 3. The van der Waals surface area contributed by atoms with Crippen LogP contribution in [0.1, 0.15) is 12.8 Å². The van der Waals surface area contributed by atoms with Crippen LogP contribution in [0.15, 0.2) is 30.3 Å². The normalized spacial score (nSPS) is 38.0. The Balaban J connectivity index is 1.36. The largest absolute Gasteiger partial charge is 0.633 e. The van der Waals surface area contributed by atoms with Gasteiger partial charge in [-0.15, -0.1) is 5.10 Å². The summed E-state index contributed by atoms with van der Waals surface area (Å²) < 4.78 is 6.25. The number of rotatable bonds is 3. The average molecular weight is 329 g/mol. The summed E-state index contributed by atoms with van der Waals surface area (Å²) in [5.41, 5.74) is 1.07. The van der Waals surface area contributed by atoms with E-state index in [1.54, 1.807) is 0 Å². The molecule has 2 unspecified atom stereocenters. The van der Waals surface area contributed by atoms with Gasteiger partial charge in [-0.25, -0.2) is 0 Å². The topological polar surface area (TPSA) is 58.1 Å². The van der Waals surface area contributed by atoms with Crippen LogP contribution in [0.5, 0.6) is 5.19 Å². The first kappa shape index (κ1) is 13.9. The van der Waals surface area contributed by atoms with Crippen LogP contribution in [0.25, 0.3) is 10.6 Å². The number of hydrogen-bond acceptors (Lipinski definition) is 5. The molecule has 1 aromatic heterocycles. The van der Waals surface area contributed by atoms with Gasteiger partial charge in [0, 0.05) is 23.3 Å². The van der Waals surface area contributed by atoms with Gasteiger partial charge in [0.1, 0.15) is 6.10 Å². The van der Waals surface area contributed by atoms with Crippen molar-refractivity contribution < 1.29 is 9.38 Å². The van der Waals surface area contributed by atoms with Crippen LogP contribution < -0.4 is 4.74 Å². The van der Waals surface area contributed by atoms with Crippen LogP contribution >= 0.6 is 11.3 Å². The van der Waals surface area contributed by atoms with Crippen molar-refractivity contribution in [3.05, 3.63) is 35.5 Å². The molecule has 4 aliphatic rings. The Morgan fingerprint density at radius 2 is 1.78 bits per heavy atom. The van der Waals surface area contributed by atoms with E-state index in [1.807, 2.05) is 30.3 Å². The molecule has 1 aromatic carbocycles. The van der Waals surface area contributed by atoms with Gasteiger partial charge >= 0.3 is 0 Å². The van der Waals surface area contributed by atoms with Crippen LogP contribution in [0, 0.1) is 23.0 Å². The van der Waals surface area contributed by atoms with E-state index in [9.17, 15) is 5.21 Å². The average Bonchev–Trinajstić information content (AvgIpc) is 2.99. The highest BCUT2D eigenvalue weighted by Crippen LogP contribution is 2.48. The van der Waals surface area contributed by atoms with Gasteiger partial charge in [0.25, 0.3) is 5.19 Å². The summed E-state index contributed by atoms with van der Waals surface area (Å²) in [7, 11) is 0. The third kappa shape index (κ3) is 2.36. The minimum absolute atomic E-state index is 0.0191. The molecule has 3 aliphatic heterocycles. The first-order valence-corrected chi connectivity index (χ1v) is 9.13. The summed E-state index contributed by atoms with van der Waals surface area (Å²) in [5.74, 6) is 1.39. The van der Waals surface area contributed by atoms with E-state index < -0.39 is 0 Å². The summed E-state index contributed by atoms with van der Waals surface area (Å²) in [6.45, 7) is 2.28. The molecular weight excluding hydrogens is 310 g/mol. The Bertz CT molecular complexity index is 704. The molecule has 0 amide bonds. The van der Waals surface area contributed by atoms with Crippen LogP contribution in [0.3, 0.4) is 0 Å². The van der Waals surface area contributed by atoms with E-state index in [1.165, 1.54) is 11.3 Å². The second kappa shape index (κ2) is 5.00. The van der Waals surface area contributed by atoms with Crippen molar-refractivity contribution in [3.63, 3.8) is 0 Å². The quantitative estimate of drug-likeness (QED) is 0.642. The van der Waals surface area contributed by atoms with Gasteiger partial charge in [-0.05, 0) is 12.8 Å².